The fraction of sp³-hybridized carbons (Fsp3) is 0.829. The van der Waals surface area contributed by atoms with Crippen LogP contribution < -0.4 is 0 Å². The van der Waals surface area contributed by atoms with E-state index < -0.39 is 6.10 Å². The lowest BCUT2D eigenvalue weighted by atomic mass is 10.0. The first-order chi connectivity index (χ1) is 40.5. The van der Waals surface area contributed by atoms with Crippen molar-refractivity contribution in [3.05, 3.63) is 60.8 Å². The Hall–Kier alpha value is -2.89. The Morgan fingerprint density at radius 2 is 0.476 bits per heavy atom. The summed E-state index contributed by atoms with van der Waals surface area (Å²) in [4.78, 5) is 38.4. The van der Waals surface area contributed by atoms with Crippen molar-refractivity contribution in [3.63, 3.8) is 0 Å². The second-order valence-electron chi connectivity index (χ2n) is 24.5. The molecule has 0 rings (SSSR count). The average Bonchev–Trinajstić information content (AvgIpc) is 3.47. The molecule has 0 bridgehead atoms. The van der Waals surface area contributed by atoms with E-state index in [4.69, 9.17) is 14.2 Å². The van der Waals surface area contributed by atoms with Gasteiger partial charge >= 0.3 is 17.9 Å². The number of allylic oxidation sites excluding steroid dienone is 10. The molecule has 6 nitrogen and oxygen atoms in total. The van der Waals surface area contributed by atoms with Crippen LogP contribution in [-0.2, 0) is 28.6 Å². The molecule has 0 aromatic heterocycles. The Morgan fingerprint density at radius 3 is 0.780 bits per heavy atom. The third-order valence-electron chi connectivity index (χ3n) is 16.3. The van der Waals surface area contributed by atoms with Gasteiger partial charge in [-0.05, 0) is 83.5 Å². The highest BCUT2D eigenvalue weighted by atomic mass is 16.6. The lowest BCUT2D eigenvalue weighted by molar-refractivity contribution is -0.167. The number of carbonyl (C=O) groups excluding carboxylic acids is 3. The van der Waals surface area contributed by atoms with Gasteiger partial charge in [0.05, 0.1) is 0 Å². The summed E-state index contributed by atoms with van der Waals surface area (Å²) in [7, 11) is 0. The average molecular weight is 1150 g/mol. The van der Waals surface area contributed by atoms with E-state index in [1.165, 1.54) is 263 Å². The van der Waals surface area contributed by atoms with Crippen LogP contribution in [0.15, 0.2) is 60.8 Å². The summed E-state index contributed by atoms with van der Waals surface area (Å²) in [5.74, 6) is -0.906. The Balaban J connectivity index is 4.26. The molecule has 0 aliphatic rings. The number of esters is 3. The van der Waals surface area contributed by atoms with Crippen LogP contribution in [0.3, 0.4) is 0 Å². The molecular weight excluding hydrogens is 1010 g/mol. The van der Waals surface area contributed by atoms with Gasteiger partial charge in [-0.25, -0.2) is 0 Å². The van der Waals surface area contributed by atoms with Gasteiger partial charge < -0.3 is 14.2 Å². The molecule has 0 aliphatic heterocycles. The fourth-order valence-corrected chi connectivity index (χ4v) is 10.8. The fourth-order valence-electron chi connectivity index (χ4n) is 10.8. The third kappa shape index (κ3) is 67.9. The van der Waals surface area contributed by atoms with Crippen LogP contribution >= 0.6 is 0 Å². The van der Waals surface area contributed by atoms with E-state index in [-0.39, 0.29) is 31.1 Å². The van der Waals surface area contributed by atoms with Crippen LogP contribution in [0.1, 0.15) is 387 Å². The van der Waals surface area contributed by atoms with E-state index in [9.17, 15) is 14.4 Å². The zero-order valence-electron chi connectivity index (χ0n) is 55.0. The van der Waals surface area contributed by atoms with Crippen LogP contribution in [0, 0.1) is 0 Å². The SMILES string of the molecule is CC/C=C\C/C=C\C/C=C\C/C=C\CCCCC(=O)OCC(COC(=O)CCCCCCCCCCCCCCCCCCCCCCCCCCCCCC)OC(=O)CCCCCCCCCCC/C=C\CCCCCCCCCC. The molecule has 0 aliphatic carbocycles. The molecule has 478 valence electrons. The number of unbranched alkanes of at least 4 members (excludes halogenated alkanes) is 46. The summed E-state index contributed by atoms with van der Waals surface area (Å²) in [6, 6.07) is 0. The van der Waals surface area contributed by atoms with Crippen LogP contribution in [-0.4, -0.2) is 37.2 Å². The van der Waals surface area contributed by atoms with Gasteiger partial charge in [0, 0.05) is 19.3 Å². The normalized spacial score (nSPS) is 12.4. The summed E-state index contributed by atoms with van der Waals surface area (Å²) >= 11 is 0. The Labute approximate surface area is 510 Å². The zero-order valence-corrected chi connectivity index (χ0v) is 55.0. The lowest BCUT2D eigenvalue weighted by Crippen LogP contribution is -2.30. The molecule has 82 heavy (non-hydrogen) atoms. The van der Waals surface area contributed by atoms with E-state index in [0.717, 1.165) is 83.5 Å². The van der Waals surface area contributed by atoms with Gasteiger partial charge in [-0.3, -0.25) is 14.4 Å². The maximum atomic E-state index is 13.0. The summed E-state index contributed by atoms with van der Waals surface area (Å²) in [6.45, 7) is 6.56. The second kappa shape index (κ2) is 70.6. The lowest BCUT2D eigenvalue weighted by Gasteiger charge is -2.18. The van der Waals surface area contributed by atoms with Crippen molar-refractivity contribution in [2.24, 2.45) is 0 Å². The maximum Gasteiger partial charge on any atom is 0.306 e. The van der Waals surface area contributed by atoms with E-state index >= 15 is 0 Å². The third-order valence-corrected chi connectivity index (χ3v) is 16.3. The predicted molar refractivity (Wildman–Crippen MR) is 358 cm³/mol. The van der Waals surface area contributed by atoms with Gasteiger partial charge in [-0.15, -0.1) is 0 Å². The number of carbonyl (C=O) groups is 3. The summed E-state index contributed by atoms with van der Waals surface area (Å²) < 4.78 is 17.0. The molecule has 0 saturated carbocycles. The maximum absolute atomic E-state index is 13.0. The molecule has 0 aromatic carbocycles. The van der Waals surface area contributed by atoms with Gasteiger partial charge in [0.1, 0.15) is 13.2 Å². The highest BCUT2D eigenvalue weighted by molar-refractivity contribution is 5.71. The van der Waals surface area contributed by atoms with Crippen molar-refractivity contribution in [1.82, 2.24) is 0 Å². The van der Waals surface area contributed by atoms with Crippen molar-refractivity contribution in [2.75, 3.05) is 13.2 Å². The number of ether oxygens (including phenoxy) is 3. The summed E-state index contributed by atoms with van der Waals surface area (Å²) in [5, 5.41) is 0. The van der Waals surface area contributed by atoms with E-state index in [2.05, 4.69) is 81.5 Å². The minimum Gasteiger partial charge on any atom is -0.462 e. The van der Waals surface area contributed by atoms with E-state index in [1.807, 2.05) is 0 Å². The second-order valence-corrected chi connectivity index (χ2v) is 24.5. The minimum absolute atomic E-state index is 0.0845. The highest BCUT2D eigenvalue weighted by Crippen LogP contribution is 2.19. The van der Waals surface area contributed by atoms with Crippen molar-refractivity contribution in [2.45, 2.75) is 393 Å². The Morgan fingerprint density at radius 1 is 0.256 bits per heavy atom. The molecular formula is C76H138O6. The van der Waals surface area contributed by atoms with Gasteiger partial charge in [0.25, 0.3) is 0 Å². The van der Waals surface area contributed by atoms with Gasteiger partial charge in [-0.1, -0.05) is 345 Å². The topological polar surface area (TPSA) is 78.9 Å². The Bertz CT molecular complexity index is 1460. The van der Waals surface area contributed by atoms with Crippen LogP contribution in [0.5, 0.6) is 0 Å². The summed E-state index contributed by atoms with van der Waals surface area (Å²) in [5.41, 5.74) is 0. The molecule has 1 atom stereocenters. The molecule has 0 N–H and O–H groups in total. The first kappa shape index (κ1) is 79.1. The largest absolute Gasteiger partial charge is 0.462 e. The highest BCUT2D eigenvalue weighted by Gasteiger charge is 2.19. The van der Waals surface area contributed by atoms with Crippen molar-refractivity contribution < 1.29 is 28.6 Å². The standard InChI is InChI=1S/C76H138O6/c1-4-7-10-13-16-19-22-25-28-30-32-34-35-36-37-38-39-40-42-43-45-48-51-54-57-60-63-66-69-75(78)81-72-73(71-80-74(77)68-65-62-59-56-53-50-47-27-24-21-18-15-12-9-6-3)82-76(79)70-67-64-61-58-55-52-49-46-44-41-33-31-29-26-23-20-17-14-11-8-5-2/h9,12,18,21,27,31,33,47,53,56,73H,4-8,10-11,13-17,19-20,22-26,28-30,32,34-46,48-52,54-55,57-72H2,1-3H3/b12-9-,21-18-,33-31-,47-27-,56-53-. The smallest absolute Gasteiger partial charge is 0.306 e. The van der Waals surface area contributed by atoms with Crippen LogP contribution in [0.25, 0.3) is 0 Å². The van der Waals surface area contributed by atoms with E-state index in [1.54, 1.807) is 0 Å². The molecule has 0 amide bonds. The first-order valence-corrected chi connectivity index (χ1v) is 36.3. The summed E-state index contributed by atoms with van der Waals surface area (Å²) in [6.07, 6.45) is 91.3. The molecule has 1 unspecified atom stereocenters. The van der Waals surface area contributed by atoms with Gasteiger partial charge in [-0.2, -0.15) is 0 Å². The molecule has 0 spiro atoms. The molecule has 0 aromatic rings. The van der Waals surface area contributed by atoms with E-state index in [0.29, 0.717) is 19.3 Å². The monoisotopic (exact) mass is 1150 g/mol. The molecule has 6 heteroatoms. The van der Waals surface area contributed by atoms with Crippen LogP contribution in [0.2, 0.25) is 0 Å². The minimum atomic E-state index is -0.793. The predicted octanol–water partition coefficient (Wildman–Crippen LogP) is 25.1. The number of rotatable bonds is 67. The van der Waals surface area contributed by atoms with Crippen LogP contribution in [0.4, 0.5) is 0 Å². The molecule has 0 fully saturated rings. The van der Waals surface area contributed by atoms with Crippen molar-refractivity contribution >= 4 is 17.9 Å². The first-order valence-electron chi connectivity index (χ1n) is 36.3. The Kier molecular flexibility index (Phi) is 68.1. The quantitative estimate of drug-likeness (QED) is 0.0261. The molecule has 0 heterocycles. The molecule has 0 radical (unpaired) electrons. The number of hydrogen-bond acceptors (Lipinski definition) is 6. The number of hydrogen-bond donors (Lipinski definition) is 0. The molecule has 0 saturated heterocycles. The van der Waals surface area contributed by atoms with Crippen molar-refractivity contribution in [3.8, 4) is 0 Å². The zero-order chi connectivity index (χ0) is 59.2. The van der Waals surface area contributed by atoms with Crippen molar-refractivity contribution in [1.29, 1.82) is 0 Å². The van der Waals surface area contributed by atoms with Gasteiger partial charge in [0.2, 0.25) is 0 Å². The van der Waals surface area contributed by atoms with Gasteiger partial charge in [0.15, 0.2) is 6.10 Å².